The number of hydrogen-bond donors (Lipinski definition) is 1. The van der Waals surface area contributed by atoms with Crippen LogP contribution in [0.1, 0.15) is 21.7 Å². The molecule has 0 fully saturated rings. The lowest BCUT2D eigenvalue weighted by atomic mass is 10.2. The van der Waals surface area contributed by atoms with Crippen molar-refractivity contribution in [3.8, 4) is 0 Å². The van der Waals surface area contributed by atoms with Gasteiger partial charge in [-0.25, -0.2) is 9.97 Å². The van der Waals surface area contributed by atoms with Gasteiger partial charge in [0.05, 0.1) is 5.56 Å². The zero-order valence-corrected chi connectivity index (χ0v) is 9.77. The van der Waals surface area contributed by atoms with Gasteiger partial charge in [-0.1, -0.05) is 17.7 Å². The second-order valence-electron chi connectivity index (χ2n) is 3.84. The average Bonchev–Trinajstić information content (AvgIpc) is 2.33. The molecule has 0 saturated heterocycles. The zero-order chi connectivity index (χ0) is 12.3. The number of nitrogens with one attached hydrogen (secondary N) is 1. The molecule has 0 aliphatic heterocycles. The number of nitrogens with zero attached hydrogens (tertiary/aromatic N) is 2. The number of anilines is 1. The van der Waals surface area contributed by atoms with Crippen LogP contribution in [0, 0.1) is 13.8 Å². The monoisotopic (exact) mass is 227 g/mol. The molecule has 0 aliphatic carbocycles. The highest BCUT2D eigenvalue weighted by Gasteiger charge is 2.06. The maximum absolute atomic E-state index is 11.8. The van der Waals surface area contributed by atoms with Crippen LogP contribution >= 0.6 is 0 Å². The number of benzene rings is 1. The van der Waals surface area contributed by atoms with Crippen LogP contribution in [0.25, 0.3) is 0 Å². The molecule has 0 spiro atoms. The lowest BCUT2D eigenvalue weighted by Gasteiger charge is -2.05. The average molecular weight is 227 g/mol. The van der Waals surface area contributed by atoms with Gasteiger partial charge >= 0.3 is 0 Å². The van der Waals surface area contributed by atoms with Crippen LogP contribution in [0.2, 0.25) is 0 Å². The van der Waals surface area contributed by atoms with Crippen LogP contribution in [0.4, 0.5) is 5.69 Å². The summed E-state index contributed by atoms with van der Waals surface area (Å²) < 4.78 is 0. The Hall–Kier alpha value is -2.23. The zero-order valence-electron chi connectivity index (χ0n) is 9.77. The summed E-state index contributed by atoms with van der Waals surface area (Å²) in [6, 6.07) is 7.62. The highest BCUT2D eigenvalue weighted by molar-refractivity contribution is 6.03. The summed E-state index contributed by atoms with van der Waals surface area (Å²) in [5.74, 6) is 0.450. The fourth-order valence-electron chi connectivity index (χ4n) is 1.35. The number of amides is 1. The summed E-state index contributed by atoms with van der Waals surface area (Å²) in [7, 11) is 0. The van der Waals surface area contributed by atoms with E-state index in [2.05, 4.69) is 15.3 Å². The van der Waals surface area contributed by atoms with E-state index < -0.39 is 0 Å². The minimum Gasteiger partial charge on any atom is -0.322 e. The van der Waals surface area contributed by atoms with Crippen LogP contribution in [-0.4, -0.2) is 15.9 Å². The SMILES string of the molecule is Cc1ccc(NC(=O)c2cnc(C)nc2)cc1. The smallest absolute Gasteiger partial charge is 0.258 e. The van der Waals surface area contributed by atoms with Crippen LogP contribution in [-0.2, 0) is 0 Å². The molecule has 0 atom stereocenters. The van der Waals surface area contributed by atoms with Gasteiger partial charge in [-0.3, -0.25) is 4.79 Å². The van der Waals surface area contributed by atoms with E-state index in [-0.39, 0.29) is 5.91 Å². The van der Waals surface area contributed by atoms with Crippen LogP contribution in [0.3, 0.4) is 0 Å². The Labute approximate surface area is 99.7 Å². The molecule has 1 heterocycles. The first-order valence-corrected chi connectivity index (χ1v) is 5.32. The molecule has 2 rings (SSSR count). The molecule has 0 bridgehead atoms. The van der Waals surface area contributed by atoms with Crippen molar-refractivity contribution in [3.63, 3.8) is 0 Å². The molecular formula is C13H13N3O. The van der Waals surface area contributed by atoms with Crippen molar-refractivity contribution in [1.82, 2.24) is 9.97 Å². The maximum atomic E-state index is 11.8. The van der Waals surface area contributed by atoms with E-state index in [9.17, 15) is 4.79 Å². The van der Waals surface area contributed by atoms with E-state index in [1.807, 2.05) is 31.2 Å². The third-order valence-electron chi connectivity index (χ3n) is 2.35. The Morgan fingerprint density at radius 1 is 1.06 bits per heavy atom. The number of aromatic nitrogens is 2. The van der Waals surface area contributed by atoms with E-state index in [0.717, 1.165) is 11.3 Å². The number of rotatable bonds is 2. The van der Waals surface area contributed by atoms with Crippen molar-refractivity contribution in [2.45, 2.75) is 13.8 Å². The minimum absolute atomic E-state index is 0.200. The quantitative estimate of drug-likeness (QED) is 0.856. The van der Waals surface area contributed by atoms with Crippen molar-refractivity contribution in [2.24, 2.45) is 0 Å². The molecule has 0 aliphatic rings. The first-order valence-electron chi connectivity index (χ1n) is 5.32. The van der Waals surface area contributed by atoms with Gasteiger partial charge in [-0.05, 0) is 26.0 Å². The minimum atomic E-state index is -0.200. The highest BCUT2D eigenvalue weighted by Crippen LogP contribution is 2.10. The molecule has 4 heteroatoms. The predicted molar refractivity (Wildman–Crippen MR) is 65.9 cm³/mol. The van der Waals surface area contributed by atoms with E-state index in [1.165, 1.54) is 12.4 Å². The lowest BCUT2D eigenvalue weighted by Crippen LogP contribution is -2.12. The Bertz CT molecular complexity index is 517. The molecule has 0 unspecified atom stereocenters. The summed E-state index contributed by atoms with van der Waals surface area (Å²) in [6.07, 6.45) is 3.04. The summed E-state index contributed by atoms with van der Waals surface area (Å²) >= 11 is 0. The van der Waals surface area contributed by atoms with Gasteiger partial charge in [0, 0.05) is 18.1 Å². The Kier molecular flexibility index (Phi) is 3.14. The van der Waals surface area contributed by atoms with Crippen LogP contribution in [0.5, 0.6) is 0 Å². The van der Waals surface area contributed by atoms with E-state index in [1.54, 1.807) is 6.92 Å². The van der Waals surface area contributed by atoms with Crippen molar-refractivity contribution in [1.29, 1.82) is 0 Å². The topological polar surface area (TPSA) is 54.9 Å². The molecule has 4 nitrogen and oxygen atoms in total. The molecular weight excluding hydrogens is 214 g/mol. The first-order chi connectivity index (χ1) is 8.15. The second-order valence-corrected chi connectivity index (χ2v) is 3.84. The van der Waals surface area contributed by atoms with Gasteiger partial charge in [0.15, 0.2) is 0 Å². The third kappa shape index (κ3) is 2.87. The molecule has 17 heavy (non-hydrogen) atoms. The Morgan fingerprint density at radius 3 is 2.24 bits per heavy atom. The second kappa shape index (κ2) is 4.74. The molecule has 0 radical (unpaired) electrons. The van der Waals surface area contributed by atoms with Crippen molar-refractivity contribution >= 4 is 11.6 Å². The highest BCUT2D eigenvalue weighted by atomic mass is 16.1. The van der Waals surface area contributed by atoms with E-state index in [0.29, 0.717) is 11.4 Å². The number of aryl methyl sites for hydroxylation is 2. The van der Waals surface area contributed by atoms with Crippen molar-refractivity contribution in [3.05, 3.63) is 53.6 Å². The van der Waals surface area contributed by atoms with Crippen LogP contribution in [0.15, 0.2) is 36.7 Å². The lowest BCUT2D eigenvalue weighted by molar-refractivity contribution is 0.102. The first kappa shape index (κ1) is 11.3. The molecule has 1 aromatic carbocycles. The molecule has 2 aromatic rings. The third-order valence-corrected chi connectivity index (χ3v) is 2.35. The number of carbonyl (C=O) groups excluding carboxylic acids is 1. The molecule has 86 valence electrons. The van der Waals surface area contributed by atoms with Gasteiger partial charge < -0.3 is 5.32 Å². The van der Waals surface area contributed by atoms with Crippen LogP contribution < -0.4 is 5.32 Å². The van der Waals surface area contributed by atoms with E-state index >= 15 is 0 Å². The molecule has 1 aromatic heterocycles. The fraction of sp³-hybridized carbons (Fsp3) is 0.154. The maximum Gasteiger partial charge on any atom is 0.258 e. The largest absolute Gasteiger partial charge is 0.322 e. The fourth-order valence-corrected chi connectivity index (χ4v) is 1.35. The molecule has 0 saturated carbocycles. The number of hydrogen-bond acceptors (Lipinski definition) is 3. The van der Waals surface area contributed by atoms with Gasteiger partial charge in [0.25, 0.3) is 5.91 Å². The van der Waals surface area contributed by atoms with Gasteiger partial charge in [-0.15, -0.1) is 0 Å². The summed E-state index contributed by atoms with van der Waals surface area (Å²) in [6.45, 7) is 3.78. The predicted octanol–water partition coefficient (Wildman–Crippen LogP) is 2.35. The van der Waals surface area contributed by atoms with Gasteiger partial charge in [-0.2, -0.15) is 0 Å². The standard InChI is InChI=1S/C13H13N3O/c1-9-3-5-12(6-4-9)16-13(17)11-7-14-10(2)15-8-11/h3-8H,1-2H3,(H,16,17). The van der Waals surface area contributed by atoms with E-state index in [4.69, 9.17) is 0 Å². The van der Waals surface area contributed by atoms with Gasteiger partial charge in [0.2, 0.25) is 0 Å². The molecule has 1 amide bonds. The van der Waals surface area contributed by atoms with Crippen molar-refractivity contribution < 1.29 is 4.79 Å². The summed E-state index contributed by atoms with van der Waals surface area (Å²) in [5, 5.41) is 2.79. The number of carbonyl (C=O) groups is 1. The normalized spacial score (nSPS) is 10.0. The van der Waals surface area contributed by atoms with Gasteiger partial charge in [0.1, 0.15) is 5.82 Å². The molecule has 1 N–H and O–H groups in total. The Morgan fingerprint density at radius 2 is 1.65 bits per heavy atom. The summed E-state index contributed by atoms with van der Waals surface area (Å²) in [4.78, 5) is 19.8. The summed E-state index contributed by atoms with van der Waals surface area (Å²) in [5.41, 5.74) is 2.37. The Balaban J connectivity index is 2.11. The van der Waals surface area contributed by atoms with Crippen molar-refractivity contribution in [2.75, 3.05) is 5.32 Å².